The number of halogens is 3. The van der Waals surface area contributed by atoms with Crippen molar-refractivity contribution in [1.29, 1.82) is 0 Å². The SMILES string of the molecule is COc1ncnc(C2CC2)c1-c1nc(NCc2ccc(-c3nc(C(F)(F)F)cn3C)cc2)c2ncsc2n1. The number of nitrogens with zero attached hydrogens (tertiary/aromatic N) is 7. The van der Waals surface area contributed by atoms with Gasteiger partial charge in [-0.15, -0.1) is 11.3 Å². The molecule has 1 aliphatic rings. The predicted molar refractivity (Wildman–Crippen MR) is 136 cm³/mol. The summed E-state index contributed by atoms with van der Waals surface area (Å²) in [5, 5.41) is 3.34. The lowest BCUT2D eigenvalue weighted by Gasteiger charge is -2.13. The second-order valence-corrected chi connectivity index (χ2v) is 9.76. The second-order valence-electron chi connectivity index (χ2n) is 8.93. The number of fused-ring (bicyclic) bond motifs is 1. The molecule has 1 fully saturated rings. The van der Waals surface area contributed by atoms with Crippen LogP contribution in [0, 0.1) is 0 Å². The summed E-state index contributed by atoms with van der Waals surface area (Å²) in [5.74, 6) is 2.03. The molecule has 4 heterocycles. The van der Waals surface area contributed by atoms with Crippen molar-refractivity contribution in [1.82, 2.24) is 34.5 Å². The third-order valence-corrected chi connectivity index (χ3v) is 6.98. The van der Waals surface area contributed by atoms with E-state index in [4.69, 9.17) is 14.7 Å². The van der Waals surface area contributed by atoms with E-state index in [1.807, 2.05) is 12.1 Å². The van der Waals surface area contributed by atoms with E-state index < -0.39 is 11.9 Å². The molecule has 1 N–H and O–H groups in total. The van der Waals surface area contributed by atoms with Crippen LogP contribution in [0.15, 0.2) is 42.3 Å². The number of benzene rings is 1. The fourth-order valence-corrected chi connectivity index (χ4v) is 4.90. The number of anilines is 1. The molecule has 4 aromatic heterocycles. The number of aromatic nitrogens is 7. The number of hydrogen-bond acceptors (Lipinski definition) is 9. The average Bonchev–Trinajstić information content (AvgIpc) is 3.51. The van der Waals surface area contributed by atoms with Gasteiger partial charge in [0.25, 0.3) is 0 Å². The van der Waals surface area contributed by atoms with Gasteiger partial charge in [-0.05, 0) is 18.4 Å². The van der Waals surface area contributed by atoms with Gasteiger partial charge in [0.05, 0.1) is 18.3 Å². The first-order valence-electron chi connectivity index (χ1n) is 11.8. The molecular weight excluding hydrogens is 517 g/mol. The third-order valence-electron chi connectivity index (χ3n) is 6.26. The maximum atomic E-state index is 13.0. The number of ether oxygens (including phenoxy) is 1. The smallest absolute Gasteiger partial charge is 0.434 e. The maximum absolute atomic E-state index is 13.0. The molecule has 0 spiro atoms. The van der Waals surface area contributed by atoms with Gasteiger partial charge in [-0.2, -0.15) is 13.2 Å². The van der Waals surface area contributed by atoms with Crippen molar-refractivity contribution in [2.24, 2.45) is 7.05 Å². The van der Waals surface area contributed by atoms with Gasteiger partial charge in [0.15, 0.2) is 17.3 Å². The van der Waals surface area contributed by atoms with E-state index in [1.54, 1.807) is 31.8 Å². The summed E-state index contributed by atoms with van der Waals surface area (Å²) in [6.45, 7) is 0.412. The second kappa shape index (κ2) is 9.31. The molecule has 38 heavy (non-hydrogen) atoms. The molecule has 0 saturated heterocycles. The lowest BCUT2D eigenvalue weighted by atomic mass is 10.1. The summed E-state index contributed by atoms with van der Waals surface area (Å²) in [6.07, 6.45) is 0.0866. The van der Waals surface area contributed by atoms with E-state index in [1.165, 1.54) is 22.2 Å². The Balaban J connectivity index is 1.28. The number of hydrogen-bond donors (Lipinski definition) is 1. The van der Waals surface area contributed by atoms with Gasteiger partial charge >= 0.3 is 6.18 Å². The molecule has 0 unspecified atom stereocenters. The summed E-state index contributed by atoms with van der Waals surface area (Å²) in [7, 11) is 3.10. The van der Waals surface area contributed by atoms with Crippen LogP contribution in [-0.2, 0) is 19.8 Å². The molecule has 9 nitrogen and oxygen atoms in total. The molecule has 0 amide bonds. The van der Waals surface area contributed by atoms with Gasteiger partial charge in [0.2, 0.25) is 5.88 Å². The molecule has 1 aliphatic carbocycles. The van der Waals surface area contributed by atoms with Crippen molar-refractivity contribution in [2.45, 2.75) is 31.5 Å². The van der Waals surface area contributed by atoms with E-state index in [0.29, 0.717) is 46.6 Å². The minimum Gasteiger partial charge on any atom is -0.480 e. The number of rotatable bonds is 7. The number of thiazole rings is 1. The quantitative estimate of drug-likeness (QED) is 0.291. The van der Waals surface area contributed by atoms with Crippen LogP contribution in [0.5, 0.6) is 5.88 Å². The Morgan fingerprint density at radius 2 is 1.87 bits per heavy atom. The molecule has 0 aliphatic heterocycles. The standard InChI is InChI=1S/C25H21F3N8OS/c1-36-10-16(25(26,27)28)33-22(36)15-5-3-13(4-6-15)9-29-21-19-24(38-12-32-19)35-20(34-21)17-18(14-7-8-14)30-11-31-23(17)37-2/h3-6,10-12,14H,7-9H2,1-2H3,(H,29,34,35). The Morgan fingerprint density at radius 1 is 1.08 bits per heavy atom. The van der Waals surface area contributed by atoms with E-state index >= 15 is 0 Å². The first-order chi connectivity index (χ1) is 18.3. The van der Waals surface area contributed by atoms with Gasteiger partial charge in [-0.1, -0.05) is 24.3 Å². The topological polar surface area (TPSA) is 104 Å². The largest absolute Gasteiger partial charge is 0.480 e. The lowest BCUT2D eigenvalue weighted by Crippen LogP contribution is -2.06. The number of aryl methyl sites for hydroxylation is 1. The number of alkyl halides is 3. The van der Waals surface area contributed by atoms with E-state index in [2.05, 4.69) is 25.3 Å². The zero-order valence-corrected chi connectivity index (χ0v) is 21.1. The monoisotopic (exact) mass is 538 g/mol. The molecular formula is C25H21F3N8OS. The molecule has 0 radical (unpaired) electrons. The third kappa shape index (κ3) is 4.53. The van der Waals surface area contributed by atoms with Crippen molar-refractivity contribution in [3.8, 4) is 28.7 Å². The van der Waals surface area contributed by atoms with Crippen LogP contribution in [0.4, 0.5) is 19.0 Å². The fourth-order valence-electron chi connectivity index (χ4n) is 4.24. The maximum Gasteiger partial charge on any atom is 0.434 e. The Bertz CT molecular complexity index is 1630. The van der Waals surface area contributed by atoms with Crippen molar-refractivity contribution in [2.75, 3.05) is 12.4 Å². The molecule has 0 bridgehead atoms. The number of methoxy groups -OCH3 is 1. The summed E-state index contributed by atoms with van der Waals surface area (Å²) in [6, 6.07) is 7.17. The van der Waals surface area contributed by atoms with Crippen molar-refractivity contribution in [3.63, 3.8) is 0 Å². The van der Waals surface area contributed by atoms with E-state index in [9.17, 15) is 13.2 Å². The summed E-state index contributed by atoms with van der Waals surface area (Å²) >= 11 is 1.41. The average molecular weight is 539 g/mol. The molecule has 1 saturated carbocycles. The van der Waals surface area contributed by atoms with Crippen LogP contribution < -0.4 is 10.1 Å². The highest BCUT2D eigenvalue weighted by Gasteiger charge is 2.34. The van der Waals surface area contributed by atoms with Crippen LogP contribution >= 0.6 is 11.3 Å². The zero-order chi connectivity index (χ0) is 26.4. The number of imidazole rings is 1. The van der Waals surface area contributed by atoms with Crippen LogP contribution in [0.1, 0.15) is 35.7 Å². The van der Waals surface area contributed by atoms with Crippen LogP contribution in [-0.4, -0.2) is 41.6 Å². The minimum absolute atomic E-state index is 0.243. The van der Waals surface area contributed by atoms with Crippen LogP contribution in [0.2, 0.25) is 0 Å². The van der Waals surface area contributed by atoms with Crippen molar-refractivity contribution in [3.05, 3.63) is 59.3 Å². The Kier molecular flexibility index (Phi) is 5.94. The van der Waals surface area contributed by atoms with Crippen molar-refractivity contribution >= 4 is 27.5 Å². The number of nitrogens with one attached hydrogen (secondary N) is 1. The van der Waals surface area contributed by atoms with Crippen molar-refractivity contribution < 1.29 is 17.9 Å². The molecule has 13 heteroatoms. The van der Waals surface area contributed by atoms with E-state index in [0.717, 1.165) is 35.1 Å². The normalized spacial score (nSPS) is 13.7. The first kappa shape index (κ1) is 24.2. The summed E-state index contributed by atoms with van der Waals surface area (Å²) in [4.78, 5) is 27.2. The minimum atomic E-state index is -4.49. The van der Waals surface area contributed by atoms with Gasteiger partial charge < -0.3 is 14.6 Å². The molecule has 1 aromatic carbocycles. The van der Waals surface area contributed by atoms with Gasteiger partial charge in [-0.3, -0.25) is 0 Å². The molecule has 194 valence electrons. The Labute approximate surface area is 218 Å². The highest BCUT2D eigenvalue weighted by Crippen LogP contribution is 2.45. The lowest BCUT2D eigenvalue weighted by molar-refractivity contribution is -0.140. The van der Waals surface area contributed by atoms with Gasteiger partial charge in [-0.25, -0.2) is 29.9 Å². The first-order valence-corrected chi connectivity index (χ1v) is 12.6. The van der Waals surface area contributed by atoms with Gasteiger partial charge in [0.1, 0.15) is 28.1 Å². The predicted octanol–water partition coefficient (Wildman–Crippen LogP) is 5.46. The fraction of sp³-hybridized carbons (Fsp3) is 0.280. The van der Waals surface area contributed by atoms with Gasteiger partial charge in [0, 0.05) is 31.3 Å². The van der Waals surface area contributed by atoms with Crippen LogP contribution in [0.25, 0.3) is 33.1 Å². The summed E-state index contributed by atoms with van der Waals surface area (Å²) in [5.41, 5.74) is 4.50. The van der Waals surface area contributed by atoms with Crippen LogP contribution in [0.3, 0.4) is 0 Å². The summed E-state index contributed by atoms with van der Waals surface area (Å²) < 4.78 is 46.0. The zero-order valence-electron chi connectivity index (χ0n) is 20.3. The Hall–Kier alpha value is -4.13. The molecule has 6 rings (SSSR count). The Morgan fingerprint density at radius 3 is 2.55 bits per heavy atom. The highest BCUT2D eigenvalue weighted by molar-refractivity contribution is 7.16. The molecule has 5 aromatic rings. The van der Waals surface area contributed by atoms with E-state index in [-0.39, 0.29) is 5.82 Å². The highest BCUT2D eigenvalue weighted by atomic mass is 32.1. The molecule has 0 atom stereocenters.